The normalized spacial score (nSPS) is 16.3. The molecule has 1 rings (SSSR count). The van der Waals surface area contributed by atoms with Crippen LogP contribution in [0.15, 0.2) is 5.10 Å². The topological polar surface area (TPSA) is 96.9 Å². The van der Waals surface area contributed by atoms with Crippen LogP contribution in [0.5, 0.6) is 0 Å². The molecule has 7 nitrogen and oxygen atoms in total. The van der Waals surface area contributed by atoms with Crippen molar-refractivity contribution in [2.75, 3.05) is 6.61 Å². The largest absolute Gasteiger partial charge is 0.451 e. The molecule has 1 aliphatic heterocycles. The van der Waals surface area contributed by atoms with E-state index in [4.69, 9.17) is 4.74 Å². The number of carbonyl (C=O) groups is 3. The molecule has 1 aliphatic rings. The summed E-state index contributed by atoms with van der Waals surface area (Å²) in [5, 5.41) is 6.25. The van der Waals surface area contributed by atoms with Gasteiger partial charge in [-0.3, -0.25) is 9.59 Å². The lowest BCUT2D eigenvalue weighted by molar-refractivity contribution is -0.142. The van der Waals surface area contributed by atoms with Crippen LogP contribution >= 0.6 is 0 Å². The predicted octanol–water partition coefficient (Wildman–Crippen LogP) is -0.290. The van der Waals surface area contributed by atoms with E-state index in [2.05, 4.69) is 15.8 Å². The maximum Gasteiger partial charge on any atom is 0.355 e. The fourth-order valence-electron chi connectivity index (χ4n) is 1.25. The number of hydrogen-bond acceptors (Lipinski definition) is 5. The molecule has 2 N–H and O–H groups in total. The minimum absolute atomic E-state index is 0.0440. The second kappa shape index (κ2) is 6.73. The third-order valence-electron chi connectivity index (χ3n) is 2.49. The highest BCUT2D eigenvalue weighted by Crippen LogP contribution is 2.01. The molecule has 0 aromatic carbocycles. The number of hydrogen-bond donors (Lipinski definition) is 2. The van der Waals surface area contributed by atoms with Crippen molar-refractivity contribution in [3.63, 3.8) is 0 Å². The van der Waals surface area contributed by atoms with E-state index in [0.29, 0.717) is 0 Å². The van der Waals surface area contributed by atoms with Crippen molar-refractivity contribution in [3.05, 3.63) is 0 Å². The zero-order valence-corrected chi connectivity index (χ0v) is 10.5. The van der Waals surface area contributed by atoms with Crippen LogP contribution in [-0.2, 0) is 19.1 Å². The van der Waals surface area contributed by atoms with E-state index in [9.17, 15) is 14.4 Å². The summed E-state index contributed by atoms with van der Waals surface area (Å²) in [6.07, 6.45) is 1.24. The Bertz CT molecular complexity index is 378. The second-order valence-corrected chi connectivity index (χ2v) is 4.05. The average Bonchev–Trinajstić information content (AvgIpc) is 2.36. The van der Waals surface area contributed by atoms with Gasteiger partial charge in [-0.25, -0.2) is 10.2 Å². The van der Waals surface area contributed by atoms with Gasteiger partial charge in [-0.2, -0.15) is 5.10 Å². The zero-order valence-electron chi connectivity index (χ0n) is 10.5. The quantitative estimate of drug-likeness (QED) is 0.660. The Morgan fingerprint density at radius 1 is 1.50 bits per heavy atom. The van der Waals surface area contributed by atoms with Gasteiger partial charge in [-0.15, -0.1) is 0 Å². The van der Waals surface area contributed by atoms with Gasteiger partial charge >= 0.3 is 5.97 Å². The van der Waals surface area contributed by atoms with Crippen LogP contribution in [0.3, 0.4) is 0 Å². The molecule has 1 heterocycles. The Morgan fingerprint density at radius 3 is 2.78 bits per heavy atom. The summed E-state index contributed by atoms with van der Waals surface area (Å²) in [6.45, 7) is 3.47. The third-order valence-corrected chi connectivity index (χ3v) is 2.49. The average molecular weight is 255 g/mol. The molecule has 18 heavy (non-hydrogen) atoms. The first-order chi connectivity index (χ1) is 8.52. The summed E-state index contributed by atoms with van der Waals surface area (Å²) < 4.78 is 4.79. The molecule has 0 saturated heterocycles. The molecule has 1 unspecified atom stereocenters. The molecule has 2 amide bonds. The number of hydrazone groups is 1. The number of nitrogens with zero attached hydrogens (tertiary/aromatic N) is 1. The molecule has 0 spiro atoms. The molecule has 1 atom stereocenters. The van der Waals surface area contributed by atoms with Crippen LogP contribution in [0.4, 0.5) is 0 Å². The van der Waals surface area contributed by atoms with Crippen molar-refractivity contribution >= 4 is 23.5 Å². The standard InChI is InChI=1S/C11H17N3O4/c1-3-7(2)12-10(16)6-18-11(17)8-4-5-9(15)14-13-8/h7H,3-6H2,1-2H3,(H,12,16)(H,14,15). The third kappa shape index (κ3) is 4.52. The van der Waals surface area contributed by atoms with E-state index in [-0.39, 0.29) is 43.0 Å². The number of nitrogens with one attached hydrogen (secondary N) is 2. The van der Waals surface area contributed by atoms with E-state index in [1.807, 2.05) is 13.8 Å². The van der Waals surface area contributed by atoms with Crippen molar-refractivity contribution in [3.8, 4) is 0 Å². The van der Waals surface area contributed by atoms with Crippen LogP contribution in [-0.4, -0.2) is 36.1 Å². The summed E-state index contributed by atoms with van der Waals surface area (Å²) in [7, 11) is 0. The first-order valence-corrected chi connectivity index (χ1v) is 5.84. The molecule has 0 aliphatic carbocycles. The summed E-state index contributed by atoms with van der Waals surface area (Å²) >= 11 is 0. The van der Waals surface area contributed by atoms with Gasteiger partial charge in [0.2, 0.25) is 5.91 Å². The van der Waals surface area contributed by atoms with Gasteiger partial charge in [-0.1, -0.05) is 6.92 Å². The van der Waals surface area contributed by atoms with E-state index >= 15 is 0 Å². The van der Waals surface area contributed by atoms with Crippen LogP contribution in [0, 0.1) is 0 Å². The lowest BCUT2D eigenvalue weighted by atomic mass is 10.2. The van der Waals surface area contributed by atoms with Gasteiger partial charge in [0.1, 0.15) is 5.71 Å². The SMILES string of the molecule is CCC(C)NC(=O)COC(=O)C1=NNC(=O)CC1. The molecular formula is C11H17N3O4. The highest BCUT2D eigenvalue weighted by Gasteiger charge is 2.20. The first kappa shape index (κ1) is 14.1. The molecular weight excluding hydrogens is 238 g/mol. The fraction of sp³-hybridized carbons (Fsp3) is 0.636. The van der Waals surface area contributed by atoms with Crippen molar-refractivity contribution in [2.24, 2.45) is 5.10 Å². The van der Waals surface area contributed by atoms with Gasteiger partial charge in [0.25, 0.3) is 5.91 Å². The van der Waals surface area contributed by atoms with Gasteiger partial charge in [0.15, 0.2) is 6.61 Å². The summed E-state index contributed by atoms with van der Waals surface area (Å²) in [5.74, 6) is -1.26. The van der Waals surface area contributed by atoms with Gasteiger partial charge in [0, 0.05) is 18.9 Å². The number of carbonyl (C=O) groups excluding carboxylic acids is 3. The van der Waals surface area contributed by atoms with Crippen LogP contribution in [0.1, 0.15) is 33.1 Å². The molecule has 0 aromatic rings. The Kier molecular flexibility index (Phi) is 5.29. The highest BCUT2D eigenvalue weighted by atomic mass is 16.5. The highest BCUT2D eigenvalue weighted by molar-refractivity contribution is 6.37. The van der Waals surface area contributed by atoms with Crippen molar-refractivity contribution in [1.82, 2.24) is 10.7 Å². The van der Waals surface area contributed by atoms with Crippen molar-refractivity contribution in [2.45, 2.75) is 39.2 Å². The monoisotopic (exact) mass is 255 g/mol. The number of amides is 2. The Morgan fingerprint density at radius 2 is 2.22 bits per heavy atom. The van der Waals surface area contributed by atoms with Gasteiger partial charge in [0.05, 0.1) is 0 Å². The summed E-state index contributed by atoms with van der Waals surface area (Å²) in [5.41, 5.74) is 2.32. The predicted molar refractivity (Wildman–Crippen MR) is 63.7 cm³/mol. The Labute approximate surface area is 105 Å². The molecule has 7 heteroatoms. The Hall–Kier alpha value is -1.92. The second-order valence-electron chi connectivity index (χ2n) is 4.05. The minimum atomic E-state index is -0.672. The van der Waals surface area contributed by atoms with E-state index in [1.165, 1.54) is 0 Å². The van der Waals surface area contributed by atoms with Gasteiger partial charge < -0.3 is 10.1 Å². The van der Waals surface area contributed by atoms with Crippen LogP contribution < -0.4 is 10.7 Å². The number of rotatable bonds is 5. The molecule has 0 bridgehead atoms. The molecule has 0 saturated carbocycles. The van der Waals surface area contributed by atoms with E-state index in [1.54, 1.807) is 0 Å². The zero-order chi connectivity index (χ0) is 13.5. The maximum absolute atomic E-state index is 11.5. The molecule has 0 aromatic heterocycles. The number of ether oxygens (including phenoxy) is 1. The smallest absolute Gasteiger partial charge is 0.355 e. The molecule has 0 fully saturated rings. The molecule has 0 radical (unpaired) electrons. The first-order valence-electron chi connectivity index (χ1n) is 5.84. The summed E-state index contributed by atoms with van der Waals surface area (Å²) in [4.78, 5) is 33.7. The lowest BCUT2D eigenvalue weighted by Crippen LogP contribution is -2.37. The van der Waals surface area contributed by atoms with Crippen LogP contribution in [0.25, 0.3) is 0 Å². The molecule has 100 valence electrons. The van der Waals surface area contributed by atoms with E-state index < -0.39 is 5.97 Å². The van der Waals surface area contributed by atoms with Crippen molar-refractivity contribution in [1.29, 1.82) is 0 Å². The van der Waals surface area contributed by atoms with Crippen molar-refractivity contribution < 1.29 is 19.1 Å². The van der Waals surface area contributed by atoms with Crippen LogP contribution in [0.2, 0.25) is 0 Å². The maximum atomic E-state index is 11.5. The van der Waals surface area contributed by atoms with Gasteiger partial charge in [-0.05, 0) is 13.3 Å². The fourth-order valence-corrected chi connectivity index (χ4v) is 1.25. The van der Waals surface area contributed by atoms with E-state index in [0.717, 1.165) is 6.42 Å². The Balaban J connectivity index is 2.33. The lowest BCUT2D eigenvalue weighted by Gasteiger charge is -2.13. The minimum Gasteiger partial charge on any atom is -0.451 e. The number of esters is 1. The summed E-state index contributed by atoms with van der Waals surface area (Å²) in [6, 6.07) is 0.0440.